The molecular weight excluding hydrogens is 220 g/mol. The molecular formula is C16H26N2. The van der Waals surface area contributed by atoms with Gasteiger partial charge < -0.3 is 10.2 Å². The Bertz CT molecular complexity index is 365. The Balaban J connectivity index is 1.98. The second-order valence-corrected chi connectivity index (χ2v) is 5.94. The van der Waals surface area contributed by atoms with Gasteiger partial charge in [0.15, 0.2) is 0 Å². The molecule has 1 N–H and O–H groups in total. The van der Waals surface area contributed by atoms with E-state index in [0.717, 1.165) is 25.4 Å². The van der Waals surface area contributed by atoms with Gasteiger partial charge in [-0.2, -0.15) is 0 Å². The fraction of sp³-hybridized carbons (Fsp3) is 0.625. The lowest BCUT2D eigenvalue weighted by Gasteiger charge is -2.28. The topological polar surface area (TPSA) is 15.3 Å². The van der Waals surface area contributed by atoms with Gasteiger partial charge in [-0.05, 0) is 56.9 Å². The molecule has 1 saturated heterocycles. The Morgan fingerprint density at radius 2 is 2.11 bits per heavy atom. The largest absolute Gasteiger partial charge is 0.310 e. The minimum absolute atomic E-state index is 0.570. The van der Waals surface area contributed by atoms with Crippen LogP contribution in [0.25, 0.3) is 0 Å². The highest BCUT2D eigenvalue weighted by atomic mass is 15.0. The zero-order valence-electron chi connectivity index (χ0n) is 11.9. The molecule has 0 aromatic heterocycles. The molecule has 1 heterocycles. The molecule has 100 valence electrons. The van der Waals surface area contributed by atoms with Crippen molar-refractivity contribution in [2.24, 2.45) is 5.92 Å². The molecule has 2 heteroatoms. The first-order valence-corrected chi connectivity index (χ1v) is 7.12. The number of piperidine rings is 1. The van der Waals surface area contributed by atoms with Crippen LogP contribution in [0.1, 0.15) is 36.9 Å². The van der Waals surface area contributed by atoms with Crippen molar-refractivity contribution in [2.45, 2.75) is 32.2 Å². The second kappa shape index (κ2) is 6.35. The smallest absolute Gasteiger partial charge is 0.0320 e. The highest BCUT2D eigenvalue weighted by Crippen LogP contribution is 2.26. The van der Waals surface area contributed by atoms with E-state index in [2.05, 4.69) is 55.5 Å². The van der Waals surface area contributed by atoms with Crippen molar-refractivity contribution in [2.75, 3.05) is 27.2 Å². The second-order valence-electron chi connectivity index (χ2n) is 5.94. The summed E-state index contributed by atoms with van der Waals surface area (Å²) in [6.45, 7) is 4.61. The predicted octanol–water partition coefficient (Wildman–Crippen LogP) is 2.85. The van der Waals surface area contributed by atoms with Crippen molar-refractivity contribution in [1.82, 2.24) is 10.2 Å². The molecule has 2 atom stereocenters. The molecule has 1 aliphatic rings. The molecule has 2 rings (SSSR count). The standard InChI is InChI=1S/C16H26N2/c1-13-7-8-16(17-12-13)15-6-4-5-14(11-15)9-10-18(2)3/h4-6,11,13,16-17H,7-10,12H2,1-3H3. The van der Waals surface area contributed by atoms with Gasteiger partial charge in [-0.15, -0.1) is 0 Å². The number of nitrogens with one attached hydrogen (secondary N) is 1. The molecule has 2 nitrogen and oxygen atoms in total. The summed E-state index contributed by atoms with van der Waals surface area (Å²) in [6.07, 6.45) is 3.77. The lowest BCUT2D eigenvalue weighted by Crippen LogP contribution is -2.31. The van der Waals surface area contributed by atoms with E-state index >= 15 is 0 Å². The monoisotopic (exact) mass is 246 g/mol. The van der Waals surface area contributed by atoms with Crippen molar-refractivity contribution < 1.29 is 0 Å². The summed E-state index contributed by atoms with van der Waals surface area (Å²) in [4.78, 5) is 2.24. The molecule has 0 radical (unpaired) electrons. The zero-order chi connectivity index (χ0) is 13.0. The summed E-state index contributed by atoms with van der Waals surface area (Å²) in [5.41, 5.74) is 2.93. The molecule has 1 aromatic rings. The maximum absolute atomic E-state index is 3.67. The Morgan fingerprint density at radius 3 is 2.78 bits per heavy atom. The van der Waals surface area contributed by atoms with E-state index in [0.29, 0.717) is 6.04 Å². The van der Waals surface area contributed by atoms with Crippen molar-refractivity contribution >= 4 is 0 Å². The summed E-state index contributed by atoms with van der Waals surface area (Å²) < 4.78 is 0. The van der Waals surface area contributed by atoms with Gasteiger partial charge in [0.1, 0.15) is 0 Å². The third-order valence-corrected chi connectivity index (χ3v) is 3.86. The van der Waals surface area contributed by atoms with E-state index in [-0.39, 0.29) is 0 Å². The van der Waals surface area contributed by atoms with E-state index in [4.69, 9.17) is 0 Å². The van der Waals surface area contributed by atoms with Crippen LogP contribution in [0.15, 0.2) is 24.3 Å². The van der Waals surface area contributed by atoms with Crippen LogP contribution in [0.3, 0.4) is 0 Å². The highest BCUT2D eigenvalue weighted by Gasteiger charge is 2.18. The Labute approximate surface area is 111 Å². The summed E-state index contributed by atoms with van der Waals surface area (Å²) in [5, 5.41) is 3.67. The van der Waals surface area contributed by atoms with Gasteiger partial charge in [0.25, 0.3) is 0 Å². The van der Waals surface area contributed by atoms with Crippen LogP contribution in [0.4, 0.5) is 0 Å². The third kappa shape index (κ3) is 3.82. The van der Waals surface area contributed by atoms with Crippen LogP contribution < -0.4 is 5.32 Å². The number of hydrogen-bond acceptors (Lipinski definition) is 2. The first-order valence-electron chi connectivity index (χ1n) is 7.12. The Morgan fingerprint density at radius 1 is 1.28 bits per heavy atom. The fourth-order valence-corrected chi connectivity index (χ4v) is 2.60. The first kappa shape index (κ1) is 13.6. The van der Waals surface area contributed by atoms with Gasteiger partial charge in [-0.3, -0.25) is 0 Å². The van der Waals surface area contributed by atoms with Crippen LogP contribution in [-0.4, -0.2) is 32.1 Å². The minimum Gasteiger partial charge on any atom is -0.310 e. The molecule has 1 fully saturated rings. The lowest BCUT2D eigenvalue weighted by molar-refractivity contribution is 0.333. The maximum atomic E-state index is 3.67. The van der Waals surface area contributed by atoms with Crippen molar-refractivity contribution in [3.63, 3.8) is 0 Å². The quantitative estimate of drug-likeness (QED) is 0.879. The van der Waals surface area contributed by atoms with Crippen LogP contribution in [-0.2, 0) is 6.42 Å². The van der Waals surface area contributed by atoms with Crippen LogP contribution in [0.2, 0.25) is 0 Å². The van der Waals surface area contributed by atoms with Crippen molar-refractivity contribution in [3.05, 3.63) is 35.4 Å². The summed E-state index contributed by atoms with van der Waals surface area (Å²) in [6, 6.07) is 9.68. The number of nitrogens with zero attached hydrogens (tertiary/aromatic N) is 1. The van der Waals surface area contributed by atoms with Gasteiger partial charge in [-0.1, -0.05) is 31.2 Å². The van der Waals surface area contributed by atoms with Crippen molar-refractivity contribution in [3.8, 4) is 0 Å². The average Bonchev–Trinajstić information content (AvgIpc) is 2.37. The molecule has 0 spiro atoms. The van der Waals surface area contributed by atoms with Crippen molar-refractivity contribution in [1.29, 1.82) is 0 Å². The van der Waals surface area contributed by atoms with E-state index in [1.54, 1.807) is 0 Å². The molecule has 2 unspecified atom stereocenters. The van der Waals surface area contributed by atoms with E-state index < -0.39 is 0 Å². The molecule has 18 heavy (non-hydrogen) atoms. The zero-order valence-corrected chi connectivity index (χ0v) is 11.9. The van der Waals surface area contributed by atoms with Gasteiger partial charge in [0.05, 0.1) is 0 Å². The minimum atomic E-state index is 0.570. The van der Waals surface area contributed by atoms with E-state index in [1.807, 2.05) is 0 Å². The molecule has 0 amide bonds. The third-order valence-electron chi connectivity index (χ3n) is 3.86. The number of likely N-dealkylation sites (N-methyl/N-ethyl adjacent to an activating group) is 1. The number of benzene rings is 1. The van der Waals surface area contributed by atoms with E-state index in [9.17, 15) is 0 Å². The normalized spacial score (nSPS) is 24.4. The number of hydrogen-bond donors (Lipinski definition) is 1. The first-order chi connectivity index (χ1) is 8.65. The average molecular weight is 246 g/mol. The van der Waals surface area contributed by atoms with E-state index in [1.165, 1.54) is 24.0 Å². The Kier molecular flexibility index (Phi) is 4.79. The molecule has 1 aliphatic heterocycles. The van der Waals surface area contributed by atoms with Gasteiger partial charge in [0.2, 0.25) is 0 Å². The lowest BCUT2D eigenvalue weighted by atomic mass is 9.91. The van der Waals surface area contributed by atoms with Crippen LogP contribution >= 0.6 is 0 Å². The summed E-state index contributed by atoms with van der Waals surface area (Å²) in [5.74, 6) is 0.832. The van der Waals surface area contributed by atoms with Crippen LogP contribution in [0.5, 0.6) is 0 Å². The SMILES string of the molecule is CC1CCC(c2cccc(CCN(C)C)c2)NC1. The Hall–Kier alpha value is -0.860. The summed E-state index contributed by atoms with van der Waals surface area (Å²) in [7, 11) is 4.27. The number of rotatable bonds is 4. The van der Waals surface area contributed by atoms with Gasteiger partial charge in [0, 0.05) is 12.6 Å². The molecule has 1 aromatic carbocycles. The molecule has 0 bridgehead atoms. The molecule has 0 aliphatic carbocycles. The maximum Gasteiger partial charge on any atom is 0.0320 e. The predicted molar refractivity (Wildman–Crippen MR) is 77.8 cm³/mol. The van der Waals surface area contributed by atoms with Gasteiger partial charge >= 0.3 is 0 Å². The van der Waals surface area contributed by atoms with Gasteiger partial charge in [-0.25, -0.2) is 0 Å². The summed E-state index contributed by atoms with van der Waals surface area (Å²) >= 11 is 0. The highest BCUT2D eigenvalue weighted by molar-refractivity contribution is 5.26. The fourth-order valence-electron chi connectivity index (χ4n) is 2.60. The van der Waals surface area contributed by atoms with Crippen LogP contribution in [0, 0.1) is 5.92 Å². The molecule has 0 saturated carbocycles.